The topological polar surface area (TPSA) is 59.1 Å². The van der Waals surface area contributed by atoms with Crippen molar-refractivity contribution in [2.24, 2.45) is 5.73 Å². The lowest BCUT2D eigenvalue weighted by molar-refractivity contribution is 0.281. The van der Waals surface area contributed by atoms with Gasteiger partial charge in [0.25, 0.3) is 0 Å². The second kappa shape index (κ2) is 5.73. The second-order valence-electron chi connectivity index (χ2n) is 3.56. The Morgan fingerprint density at radius 3 is 2.93 bits per heavy atom. The van der Waals surface area contributed by atoms with Gasteiger partial charge in [-0.15, -0.1) is 0 Å². The summed E-state index contributed by atoms with van der Waals surface area (Å²) in [4.78, 5) is 4.03. The summed E-state index contributed by atoms with van der Waals surface area (Å²) in [6.45, 7) is 2.27. The summed E-state index contributed by atoms with van der Waals surface area (Å²) in [5, 5.41) is 8.65. The summed E-state index contributed by atoms with van der Waals surface area (Å²) in [6.07, 6.45) is 6.33. The van der Waals surface area contributed by atoms with Crippen LogP contribution in [0.4, 0.5) is 0 Å². The van der Waals surface area contributed by atoms with Crippen LogP contribution in [0.1, 0.15) is 36.4 Å². The quantitative estimate of drug-likeness (QED) is 0.699. The van der Waals surface area contributed by atoms with Gasteiger partial charge >= 0.3 is 0 Å². The molecular weight excluding hydrogens is 176 g/mol. The van der Waals surface area contributed by atoms with Crippen molar-refractivity contribution in [2.45, 2.75) is 32.2 Å². The molecule has 1 aromatic heterocycles. The van der Waals surface area contributed by atoms with E-state index in [0.29, 0.717) is 0 Å². The highest BCUT2D eigenvalue weighted by Crippen LogP contribution is 2.18. The van der Waals surface area contributed by atoms with Crippen molar-refractivity contribution in [3.63, 3.8) is 0 Å². The first-order valence-corrected chi connectivity index (χ1v) is 5.02. The molecule has 0 spiro atoms. The lowest BCUT2D eigenvalue weighted by Crippen LogP contribution is -2.12. The molecule has 1 heterocycles. The molecule has 0 radical (unpaired) electrons. The molecule has 3 nitrogen and oxygen atoms in total. The average molecular weight is 194 g/mol. The van der Waals surface area contributed by atoms with Crippen molar-refractivity contribution >= 4 is 0 Å². The minimum absolute atomic E-state index is 0.0737. The molecule has 0 fully saturated rings. The molecule has 0 saturated carbocycles. The third-order valence-electron chi connectivity index (χ3n) is 2.39. The molecule has 0 saturated heterocycles. The number of pyridine rings is 1. The molecule has 1 rings (SSSR count). The number of nitrogens with two attached hydrogens (primary N) is 1. The van der Waals surface area contributed by atoms with E-state index >= 15 is 0 Å². The molecule has 1 aromatic rings. The normalized spacial score (nSPS) is 12.8. The maximum absolute atomic E-state index is 8.65. The Kier molecular flexibility index (Phi) is 4.56. The van der Waals surface area contributed by atoms with Crippen molar-refractivity contribution in [1.29, 1.82) is 0 Å². The van der Waals surface area contributed by atoms with Crippen LogP contribution in [-0.4, -0.2) is 16.7 Å². The van der Waals surface area contributed by atoms with Crippen LogP contribution < -0.4 is 5.73 Å². The van der Waals surface area contributed by atoms with Crippen molar-refractivity contribution in [2.75, 3.05) is 6.61 Å². The zero-order valence-electron chi connectivity index (χ0n) is 8.61. The van der Waals surface area contributed by atoms with E-state index in [4.69, 9.17) is 10.8 Å². The van der Waals surface area contributed by atoms with Crippen LogP contribution in [0.15, 0.2) is 18.5 Å². The van der Waals surface area contributed by atoms with E-state index in [-0.39, 0.29) is 12.6 Å². The van der Waals surface area contributed by atoms with Gasteiger partial charge in [0, 0.05) is 25.0 Å². The molecular formula is C11H18N2O. The number of aromatic nitrogens is 1. The summed E-state index contributed by atoms with van der Waals surface area (Å²) >= 11 is 0. The number of rotatable bonds is 5. The SMILES string of the molecule is Cc1cnccc1[C@H](N)CCCCO. The van der Waals surface area contributed by atoms with Gasteiger partial charge in [-0.2, -0.15) is 0 Å². The Bertz CT molecular complexity index is 276. The predicted octanol–water partition coefficient (Wildman–Crippen LogP) is 1.55. The Labute approximate surface area is 85.0 Å². The molecule has 0 aliphatic rings. The van der Waals surface area contributed by atoms with Gasteiger partial charge in [0.05, 0.1) is 0 Å². The van der Waals surface area contributed by atoms with Crippen LogP contribution in [-0.2, 0) is 0 Å². The predicted molar refractivity (Wildman–Crippen MR) is 56.8 cm³/mol. The first kappa shape index (κ1) is 11.1. The fourth-order valence-corrected chi connectivity index (χ4v) is 1.53. The minimum Gasteiger partial charge on any atom is -0.396 e. The van der Waals surface area contributed by atoms with Crippen molar-refractivity contribution in [3.05, 3.63) is 29.6 Å². The highest BCUT2D eigenvalue weighted by molar-refractivity contribution is 5.24. The van der Waals surface area contributed by atoms with Crippen LogP contribution >= 0.6 is 0 Å². The molecule has 0 aliphatic heterocycles. The monoisotopic (exact) mass is 194 g/mol. The van der Waals surface area contributed by atoms with E-state index in [1.165, 1.54) is 0 Å². The summed E-state index contributed by atoms with van der Waals surface area (Å²) < 4.78 is 0. The van der Waals surface area contributed by atoms with Gasteiger partial charge in [-0.05, 0) is 43.4 Å². The Morgan fingerprint density at radius 2 is 2.29 bits per heavy atom. The first-order valence-electron chi connectivity index (χ1n) is 5.02. The Hall–Kier alpha value is -0.930. The van der Waals surface area contributed by atoms with E-state index in [1.807, 2.05) is 19.2 Å². The van der Waals surface area contributed by atoms with Gasteiger partial charge < -0.3 is 10.8 Å². The molecule has 14 heavy (non-hydrogen) atoms. The largest absolute Gasteiger partial charge is 0.396 e. The molecule has 78 valence electrons. The average Bonchev–Trinajstić information content (AvgIpc) is 2.18. The maximum Gasteiger partial charge on any atom is 0.0431 e. The van der Waals surface area contributed by atoms with E-state index in [9.17, 15) is 0 Å². The van der Waals surface area contributed by atoms with Crippen LogP contribution in [0.3, 0.4) is 0 Å². The number of aryl methyl sites for hydroxylation is 1. The summed E-state index contributed by atoms with van der Waals surface area (Å²) in [5.41, 5.74) is 8.33. The molecule has 1 atom stereocenters. The lowest BCUT2D eigenvalue weighted by Gasteiger charge is -2.13. The van der Waals surface area contributed by atoms with E-state index < -0.39 is 0 Å². The molecule has 0 aromatic carbocycles. The highest BCUT2D eigenvalue weighted by atomic mass is 16.2. The lowest BCUT2D eigenvalue weighted by atomic mass is 9.99. The molecule has 0 bridgehead atoms. The Morgan fingerprint density at radius 1 is 1.50 bits per heavy atom. The standard InChI is InChI=1S/C11H18N2O/c1-9-8-13-6-5-10(9)11(12)4-2-3-7-14/h5-6,8,11,14H,2-4,7,12H2,1H3/t11-/m1/s1. The smallest absolute Gasteiger partial charge is 0.0431 e. The van der Waals surface area contributed by atoms with Gasteiger partial charge in [0.2, 0.25) is 0 Å². The summed E-state index contributed by atoms with van der Waals surface area (Å²) in [5.74, 6) is 0. The number of hydrogen-bond donors (Lipinski definition) is 2. The van der Waals surface area contributed by atoms with E-state index in [0.717, 1.165) is 30.4 Å². The van der Waals surface area contributed by atoms with E-state index in [2.05, 4.69) is 4.98 Å². The number of hydrogen-bond acceptors (Lipinski definition) is 3. The summed E-state index contributed by atoms with van der Waals surface area (Å²) in [6, 6.07) is 2.04. The zero-order valence-corrected chi connectivity index (χ0v) is 8.61. The van der Waals surface area contributed by atoms with Crippen molar-refractivity contribution in [3.8, 4) is 0 Å². The third kappa shape index (κ3) is 3.09. The highest BCUT2D eigenvalue weighted by Gasteiger charge is 2.07. The van der Waals surface area contributed by atoms with Gasteiger partial charge in [-0.3, -0.25) is 4.98 Å². The zero-order chi connectivity index (χ0) is 10.4. The van der Waals surface area contributed by atoms with Gasteiger partial charge in [0.15, 0.2) is 0 Å². The molecule has 0 aliphatic carbocycles. The third-order valence-corrected chi connectivity index (χ3v) is 2.39. The number of aliphatic hydroxyl groups is 1. The summed E-state index contributed by atoms with van der Waals surface area (Å²) in [7, 11) is 0. The molecule has 0 unspecified atom stereocenters. The maximum atomic E-state index is 8.65. The van der Waals surface area contributed by atoms with Crippen molar-refractivity contribution in [1.82, 2.24) is 4.98 Å². The van der Waals surface area contributed by atoms with Gasteiger partial charge in [0.1, 0.15) is 0 Å². The van der Waals surface area contributed by atoms with E-state index in [1.54, 1.807) is 6.20 Å². The van der Waals surface area contributed by atoms with Gasteiger partial charge in [-0.25, -0.2) is 0 Å². The van der Waals surface area contributed by atoms with Crippen LogP contribution in [0, 0.1) is 6.92 Å². The van der Waals surface area contributed by atoms with Gasteiger partial charge in [-0.1, -0.05) is 0 Å². The number of aliphatic hydroxyl groups excluding tert-OH is 1. The van der Waals surface area contributed by atoms with Crippen LogP contribution in [0.2, 0.25) is 0 Å². The molecule has 3 heteroatoms. The van der Waals surface area contributed by atoms with Crippen LogP contribution in [0.25, 0.3) is 0 Å². The number of unbranched alkanes of at least 4 members (excludes halogenated alkanes) is 1. The fraction of sp³-hybridized carbons (Fsp3) is 0.545. The molecule has 3 N–H and O–H groups in total. The minimum atomic E-state index is 0.0737. The second-order valence-corrected chi connectivity index (χ2v) is 3.56. The first-order chi connectivity index (χ1) is 6.75. The van der Waals surface area contributed by atoms with Crippen LogP contribution in [0.5, 0.6) is 0 Å². The Balaban J connectivity index is 2.51. The number of nitrogens with zero attached hydrogens (tertiary/aromatic N) is 1. The molecule has 0 amide bonds. The fourth-order valence-electron chi connectivity index (χ4n) is 1.53. The van der Waals surface area contributed by atoms with Crippen molar-refractivity contribution < 1.29 is 5.11 Å².